The zero-order valence-corrected chi connectivity index (χ0v) is 16.1. The number of carboxylic acids is 1. The van der Waals surface area contributed by atoms with E-state index in [1.54, 1.807) is 18.2 Å². The maximum Gasteiger partial charge on any atom is 0.300 e. The highest BCUT2D eigenvalue weighted by Gasteiger charge is 2.39. The number of nitrogens with two attached hydrogens (primary N) is 2. The fourth-order valence-electron chi connectivity index (χ4n) is 1.83. The Balaban J connectivity index is 0.000000705. The number of nitrogens with zero attached hydrogens (tertiary/aromatic N) is 3. The van der Waals surface area contributed by atoms with Gasteiger partial charge in [0.25, 0.3) is 11.9 Å². The van der Waals surface area contributed by atoms with Gasteiger partial charge in [0.1, 0.15) is 0 Å². The number of rotatable bonds is 1. The summed E-state index contributed by atoms with van der Waals surface area (Å²) in [6, 6.07) is 5.13. The molecule has 1 saturated heterocycles. The zero-order valence-electron chi connectivity index (χ0n) is 13.2. The van der Waals surface area contributed by atoms with E-state index < -0.39 is 18.4 Å². The molecule has 0 aromatic heterocycles. The fraction of sp³-hybridized carbons (Fsp3) is 0.357. The van der Waals surface area contributed by atoms with Gasteiger partial charge in [-0.05, 0) is 40.8 Å². The van der Waals surface area contributed by atoms with Gasteiger partial charge in [-0.15, -0.1) is 0 Å². The molecular weight excluding hydrogens is 471 g/mol. The number of benzene rings is 1. The van der Waals surface area contributed by atoms with Crippen molar-refractivity contribution in [3.63, 3.8) is 0 Å². The van der Waals surface area contributed by atoms with Gasteiger partial charge in [0, 0.05) is 23.5 Å². The molecule has 0 amide bonds. The SMILES string of the molecule is CC(=O)O.NC(=Nc1ccc(I)c(Cl)c1)N=C(N)N1CCC(F)(F)C1. The summed E-state index contributed by atoms with van der Waals surface area (Å²) in [5.41, 5.74) is 11.8. The molecule has 138 valence electrons. The van der Waals surface area contributed by atoms with Crippen LogP contribution in [0.25, 0.3) is 0 Å². The van der Waals surface area contributed by atoms with E-state index in [2.05, 4.69) is 32.6 Å². The molecule has 7 nitrogen and oxygen atoms in total. The molecule has 0 atom stereocenters. The van der Waals surface area contributed by atoms with Crippen LogP contribution in [0.2, 0.25) is 5.02 Å². The quantitative estimate of drug-likeness (QED) is 0.320. The number of likely N-dealkylation sites (tertiary alicyclic amines) is 1. The maximum atomic E-state index is 13.1. The van der Waals surface area contributed by atoms with Crippen LogP contribution in [0.4, 0.5) is 14.5 Å². The Labute approximate surface area is 161 Å². The second-order valence-electron chi connectivity index (χ2n) is 5.08. The predicted molar refractivity (Wildman–Crippen MR) is 102 cm³/mol. The second-order valence-corrected chi connectivity index (χ2v) is 6.65. The highest BCUT2D eigenvalue weighted by molar-refractivity contribution is 14.1. The first-order valence-corrected chi connectivity index (χ1v) is 8.41. The number of carbonyl (C=O) groups is 1. The molecule has 0 spiro atoms. The average molecular weight is 488 g/mol. The van der Waals surface area contributed by atoms with Crippen LogP contribution in [0.15, 0.2) is 28.2 Å². The Morgan fingerprint density at radius 3 is 2.52 bits per heavy atom. The molecule has 0 aliphatic carbocycles. The van der Waals surface area contributed by atoms with E-state index in [0.717, 1.165) is 10.5 Å². The van der Waals surface area contributed by atoms with E-state index in [9.17, 15) is 8.78 Å². The lowest BCUT2D eigenvalue weighted by atomic mass is 10.3. The molecular formula is C14H17ClF2IN5O2. The normalized spacial score (nSPS) is 17.1. The summed E-state index contributed by atoms with van der Waals surface area (Å²) in [6.07, 6.45) is -0.243. The van der Waals surface area contributed by atoms with E-state index >= 15 is 0 Å². The van der Waals surface area contributed by atoms with Crippen molar-refractivity contribution in [2.45, 2.75) is 19.3 Å². The van der Waals surface area contributed by atoms with E-state index in [-0.39, 0.29) is 24.9 Å². The average Bonchev–Trinajstić information content (AvgIpc) is 2.82. The first-order valence-electron chi connectivity index (χ1n) is 6.96. The number of carboxylic acid groups (broad SMARTS) is 1. The van der Waals surface area contributed by atoms with Crippen molar-refractivity contribution in [2.24, 2.45) is 21.5 Å². The number of alkyl halides is 2. The van der Waals surface area contributed by atoms with Crippen molar-refractivity contribution in [1.29, 1.82) is 0 Å². The van der Waals surface area contributed by atoms with E-state index in [1.165, 1.54) is 4.90 Å². The largest absolute Gasteiger partial charge is 0.481 e. The fourth-order valence-corrected chi connectivity index (χ4v) is 2.34. The number of aliphatic carboxylic acids is 1. The molecule has 1 aromatic rings. The highest BCUT2D eigenvalue weighted by Crippen LogP contribution is 2.26. The minimum Gasteiger partial charge on any atom is -0.481 e. The summed E-state index contributed by atoms with van der Waals surface area (Å²) in [5.74, 6) is -3.75. The number of hydrogen-bond donors (Lipinski definition) is 3. The molecule has 0 bridgehead atoms. The van der Waals surface area contributed by atoms with Crippen LogP contribution < -0.4 is 11.5 Å². The molecule has 5 N–H and O–H groups in total. The molecule has 0 saturated carbocycles. The maximum absolute atomic E-state index is 13.1. The van der Waals surface area contributed by atoms with Gasteiger partial charge in [-0.2, -0.15) is 4.99 Å². The van der Waals surface area contributed by atoms with Crippen molar-refractivity contribution in [3.05, 3.63) is 26.8 Å². The lowest BCUT2D eigenvalue weighted by Gasteiger charge is -2.16. The molecule has 1 aliphatic heterocycles. The van der Waals surface area contributed by atoms with Crippen LogP contribution in [-0.4, -0.2) is 46.9 Å². The van der Waals surface area contributed by atoms with Crippen molar-refractivity contribution >= 4 is 57.8 Å². The minimum atomic E-state index is -2.74. The van der Waals surface area contributed by atoms with Crippen LogP contribution in [0.3, 0.4) is 0 Å². The van der Waals surface area contributed by atoms with Gasteiger partial charge in [0.05, 0.1) is 17.3 Å². The number of aliphatic imine (C=N–C) groups is 2. The molecule has 1 aliphatic rings. The van der Waals surface area contributed by atoms with Gasteiger partial charge in [-0.1, -0.05) is 11.6 Å². The van der Waals surface area contributed by atoms with Crippen LogP contribution in [-0.2, 0) is 4.79 Å². The van der Waals surface area contributed by atoms with Crippen LogP contribution >= 0.6 is 34.2 Å². The molecule has 1 heterocycles. The summed E-state index contributed by atoms with van der Waals surface area (Å²) in [7, 11) is 0. The van der Waals surface area contributed by atoms with Crippen molar-refractivity contribution in [1.82, 2.24) is 4.90 Å². The Morgan fingerprint density at radius 2 is 2.04 bits per heavy atom. The monoisotopic (exact) mass is 487 g/mol. The Morgan fingerprint density at radius 1 is 1.44 bits per heavy atom. The summed E-state index contributed by atoms with van der Waals surface area (Å²) in [6.45, 7) is 0.774. The number of hydrogen-bond acceptors (Lipinski definition) is 2. The van der Waals surface area contributed by atoms with Crippen molar-refractivity contribution in [3.8, 4) is 0 Å². The van der Waals surface area contributed by atoms with Crippen molar-refractivity contribution < 1.29 is 18.7 Å². The lowest BCUT2D eigenvalue weighted by Crippen LogP contribution is -2.38. The first-order chi connectivity index (χ1) is 11.5. The third-order valence-corrected chi connectivity index (χ3v) is 4.44. The second kappa shape index (κ2) is 9.13. The summed E-state index contributed by atoms with van der Waals surface area (Å²) in [5, 5.41) is 7.96. The van der Waals surface area contributed by atoms with Crippen LogP contribution in [0.1, 0.15) is 13.3 Å². The molecule has 0 unspecified atom stereocenters. The molecule has 1 fully saturated rings. The van der Waals surface area contributed by atoms with Crippen LogP contribution in [0.5, 0.6) is 0 Å². The van der Waals surface area contributed by atoms with Crippen molar-refractivity contribution in [2.75, 3.05) is 13.1 Å². The van der Waals surface area contributed by atoms with Gasteiger partial charge >= 0.3 is 0 Å². The highest BCUT2D eigenvalue weighted by atomic mass is 127. The third kappa shape index (κ3) is 7.82. The predicted octanol–water partition coefficient (Wildman–Crippen LogP) is 2.64. The topological polar surface area (TPSA) is 117 Å². The van der Waals surface area contributed by atoms with E-state index in [1.807, 2.05) is 0 Å². The number of guanidine groups is 2. The smallest absolute Gasteiger partial charge is 0.300 e. The molecule has 0 radical (unpaired) electrons. The molecule has 25 heavy (non-hydrogen) atoms. The Bertz CT molecular complexity index is 696. The Kier molecular flexibility index (Phi) is 7.80. The van der Waals surface area contributed by atoms with Gasteiger partial charge in [-0.3, -0.25) is 4.79 Å². The summed E-state index contributed by atoms with van der Waals surface area (Å²) < 4.78 is 27.1. The first kappa shape index (κ1) is 21.4. The molecule has 2 rings (SSSR count). The number of halogens is 4. The van der Waals surface area contributed by atoms with Crippen LogP contribution in [0, 0.1) is 3.57 Å². The Hall–Kier alpha value is -1.69. The van der Waals surface area contributed by atoms with Gasteiger partial charge in [0.15, 0.2) is 5.96 Å². The molecule has 11 heteroatoms. The zero-order chi connectivity index (χ0) is 19.2. The summed E-state index contributed by atoms with van der Waals surface area (Å²) in [4.78, 5) is 18.2. The summed E-state index contributed by atoms with van der Waals surface area (Å²) >= 11 is 8.05. The van der Waals surface area contributed by atoms with E-state index in [0.29, 0.717) is 10.7 Å². The van der Waals surface area contributed by atoms with Gasteiger partial charge < -0.3 is 21.5 Å². The standard InChI is InChI=1S/C12H13ClF2IN5.C2H4O2/c13-8-5-7(1-2-9(8)16)19-10(17)20-11(18)21-4-3-12(14,15)6-21;1-2(3)4/h1-2,5H,3-4,6H2,(H4,17,18,19,20);1H3,(H,3,4). The third-order valence-electron chi connectivity index (χ3n) is 2.87. The molecule has 1 aromatic carbocycles. The lowest BCUT2D eigenvalue weighted by molar-refractivity contribution is -0.134. The van der Waals surface area contributed by atoms with Gasteiger partial charge in [0.2, 0.25) is 5.96 Å². The minimum absolute atomic E-state index is 0.0648. The van der Waals surface area contributed by atoms with E-state index in [4.69, 9.17) is 33.0 Å². The van der Waals surface area contributed by atoms with Gasteiger partial charge in [-0.25, -0.2) is 13.8 Å².